The second-order valence-corrected chi connectivity index (χ2v) is 5.63. The molecular formula is C15H14F2IN. The van der Waals surface area contributed by atoms with Crippen LogP contribution in [0.2, 0.25) is 0 Å². The first-order valence-corrected chi connectivity index (χ1v) is 6.96. The summed E-state index contributed by atoms with van der Waals surface area (Å²) in [6.45, 7) is 3.49. The summed E-state index contributed by atoms with van der Waals surface area (Å²) in [4.78, 5) is 0. The lowest BCUT2D eigenvalue weighted by atomic mass is 9.96. The molecule has 2 rings (SSSR count). The molecule has 0 bridgehead atoms. The quantitative estimate of drug-likeness (QED) is 0.784. The molecular weight excluding hydrogens is 359 g/mol. The first-order valence-electron chi connectivity index (χ1n) is 5.88. The van der Waals surface area contributed by atoms with Crippen LogP contribution in [0, 0.1) is 29.1 Å². The van der Waals surface area contributed by atoms with Gasteiger partial charge in [0, 0.05) is 9.13 Å². The lowest BCUT2D eigenvalue weighted by Gasteiger charge is -2.17. The van der Waals surface area contributed by atoms with Gasteiger partial charge in [-0.05, 0) is 53.1 Å². The van der Waals surface area contributed by atoms with Crippen LogP contribution in [0.15, 0.2) is 30.3 Å². The molecule has 4 heteroatoms. The van der Waals surface area contributed by atoms with Crippen LogP contribution in [0.3, 0.4) is 0 Å². The monoisotopic (exact) mass is 373 g/mol. The van der Waals surface area contributed by atoms with E-state index in [2.05, 4.69) is 22.6 Å². The molecule has 100 valence electrons. The largest absolute Gasteiger partial charge is 0.320 e. The highest BCUT2D eigenvalue weighted by Gasteiger charge is 2.20. The minimum Gasteiger partial charge on any atom is -0.320 e. The summed E-state index contributed by atoms with van der Waals surface area (Å²) in [6, 6.07) is 8.12. The molecule has 0 radical (unpaired) electrons. The number of nitrogens with two attached hydrogens (primary N) is 1. The van der Waals surface area contributed by atoms with Gasteiger partial charge < -0.3 is 5.73 Å². The molecule has 0 aliphatic carbocycles. The highest BCUT2D eigenvalue weighted by atomic mass is 127. The van der Waals surface area contributed by atoms with Gasteiger partial charge in [0.2, 0.25) is 0 Å². The van der Waals surface area contributed by atoms with Crippen molar-refractivity contribution in [1.82, 2.24) is 0 Å². The van der Waals surface area contributed by atoms with Crippen LogP contribution in [-0.4, -0.2) is 0 Å². The third-order valence-corrected chi connectivity index (χ3v) is 4.67. The Kier molecular flexibility index (Phi) is 4.20. The molecule has 2 aromatic rings. The van der Waals surface area contributed by atoms with E-state index in [0.29, 0.717) is 0 Å². The summed E-state index contributed by atoms with van der Waals surface area (Å²) in [5.74, 6) is -1.68. The maximum absolute atomic E-state index is 14.0. The molecule has 19 heavy (non-hydrogen) atoms. The highest BCUT2D eigenvalue weighted by molar-refractivity contribution is 14.1. The predicted molar refractivity (Wildman–Crippen MR) is 81.0 cm³/mol. The van der Waals surface area contributed by atoms with Crippen molar-refractivity contribution in [3.05, 3.63) is 67.8 Å². The Labute approximate surface area is 125 Å². The van der Waals surface area contributed by atoms with Crippen LogP contribution in [0.5, 0.6) is 0 Å². The van der Waals surface area contributed by atoms with Gasteiger partial charge in [-0.2, -0.15) is 0 Å². The molecule has 0 spiro atoms. The molecule has 1 unspecified atom stereocenters. The summed E-state index contributed by atoms with van der Waals surface area (Å²) in [7, 11) is 0. The van der Waals surface area contributed by atoms with E-state index in [1.54, 1.807) is 12.1 Å². The molecule has 0 aliphatic rings. The highest BCUT2D eigenvalue weighted by Crippen LogP contribution is 2.29. The van der Waals surface area contributed by atoms with Gasteiger partial charge in [-0.3, -0.25) is 0 Å². The first kappa shape index (κ1) is 14.4. The van der Waals surface area contributed by atoms with E-state index in [0.717, 1.165) is 14.7 Å². The molecule has 0 aromatic heterocycles. The summed E-state index contributed by atoms with van der Waals surface area (Å²) in [5, 5.41) is 0. The lowest BCUT2D eigenvalue weighted by molar-refractivity contribution is 0.489. The molecule has 0 fully saturated rings. The molecule has 1 atom stereocenters. The van der Waals surface area contributed by atoms with Crippen LogP contribution in [-0.2, 0) is 0 Å². The molecule has 0 saturated carbocycles. The zero-order chi connectivity index (χ0) is 14.2. The van der Waals surface area contributed by atoms with Crippen LogP contribution in [0.4, 0.5) is 8.78 Å². The van der Waals surface area contributed by atoms with Gasteiger partial charge in [0.15, 0.2) is 11.6 Å². The van der Waals surface area contributed by atoms with Crippen molar-refractivity contribution in [2.75, 3.05) is 0 Å². The van der Waals surface area contributed by atoms with Crippen molar-refractivity contribution in [2.24, 2.45) is 5.73 Å². The zero-order valence-electron chi connectivity index (χ0n) is 10.7. The van der Waals surface area contributed by atoms with Crippen molar-refractivity contribution >= 4 is 22.6 Å². The topological polar surface area (TPSA) is 26.0 Å². The molecule has 2 aromatic carbocycles. The minimum absolute atomic E-state index is 0.187. The van der Waals surface area contributed by atoms with Gasteiger partial charge in [0.1, 0.15) is 0 Å². The lowest BCUT2D eigenvalue weighted by Crippen LogP contribution is -2.16. The van der Waals surface area contributed by atoms with Crippen LogP contribution >= 0.6 is 22.6 Å². The fourth-order valence-electron chi connectivity index (χ4n) is 1.98. The molecule has 1 nitrogen and oxygen atoms in total. The smallest absolute Gasteiger partial charge is 0.164 e. The third kappa shape index (κ3) is 2.65. The van der Waals surface area contributed by atoms with Gasteiger partial charge in [0.25, 0.3) is 0 Å². The summed E-state index contributed by atoms with van der Waals surface area (Å²) in [6.07, 6.45) is 0. The van der Waals surface area contributed by atoms with Gasteiger partial charge in [-0.25, -0.2) is 8.78 Å². The standard InChI is InChI=1S/C15H14F2IN/c1-8-6-7-10(13(17)12(8)16)15(19)11-5-3-4-9(2)14(11)18/h3-7,15H,19H2,1-2H3. The van der Waals surface area contributed by atoms with Crippen molar-refractivity contribution in [3.63, 3.8) is 0 Å². The molecule has 0 amide bonds. The number of benzene rings is 2. The van der Waals surface area contributed by atoms with E-state index in [-0.39, 0.29) is 11.1 Å². The van der Waals surface area contributed by atoms with E-state index in [1.807, 2.05) is 25.1 Å². The Morgan fingerprint density at radius 2 is 1.63 bits per heavy atom. The average Bonchev–Trinajstić information content (AvgIpc) is 2.39. The maximum Gasteiger partial charge on any atom is 0.164 e. The van der Waals surface area contributed by atoms with Gasteiger partial charge in [-0.1, -0.05) is 30.3 Å². The van der Waals surface area contributed by atoms with E-state index in [1.165, 1.54) is 6.92 Å². The number of aryl methyl sites for hydroxylation is 2. The molecule has 2 N–H and O–H groups in total. The first-order chi connectivity index (χ1) is 8.93. The fourth-order valence-corrected chi connectivity index (χ4v) is 2.67. The normalized spacial score (nSPS) is 12.5. The zero-order valence-corrected chi connectivity index (χ0v) is 12.8. The van der Waals surface area contributed by atoms with Crippen LogP contribution in [0.25, 0.3) is 0 Å². The SMILES string of the molecule is Cc1ccc(C(N)c2cccc(C)c2I)c(F)c1F. The summed E-state index contributed by atoms with van der Waals surface area (Å²) in [5.41, 5.74) is 8.44. The van der Waals surface area contributed by atoms with E-state index >= 15 is 0 Å². The van der Waals surface area contributed by atoms with Gasteiger partial charge >= 0.3 is 0 Å². The maximum atomic E-state index is 14.0. The van der Waals surface area contributed by atoms with Crippen LogP contribution < -0.4 is 5.73 Å². The predicted octanol–water partition coefficient (Wildman–Crippen LogP) is 4.23. The number of rotatable bonds is 2. The Morgan fingerprint density at radius 1 is 0.947 bits per heavy atom. The number of halogens is 3. The Balaban J connectivity index is 2.53. The van der Waals surface area contributed by atoms with Gasteiger partial charge in [0.05, 0.1) is 6.04 Å². The summed E-state index contributed by atoms with van der Waals surface area (Å²) < 4.78 is 28.6. The van der Waals surface area contributed by atoms with Crippen LogP contribution in [0.1, 0.15) is 28.3 Å². The van der Waals surface area contributed by atoms with Crippen molar-refractivity contribution < 1.29 is 8.78 Å². The van der Waals surface area contributed by atoms with E-state index in [4.69, 9.17) is 5.73 Å². The van der Waals surface area contributed by atoms with Gasteiger partial charge in [-0.15, -0.1) is 0 Å². The van der Waals surface area contributed by atoms with Crippen molar-refractivity contribution in [2.45, 2.75) is 19.9 Å². The third-order valence-electron chi connectivity index (χ3n) is 3.20. The van der Waals surface area contributed by atoms with Crippen molar-refractivity contribution in [1.29, 1.82) is 0 Å². The molecule has 0 heterocycles. The average molecular weight is 373 g/mol. The number of hydrogen-bond donors (Lipinski definition) is 1. The fraction of sp³-hybridized carbons (Fsp3) is 0.200. The molecule has 0 aliphatic heterocycles. The molecule has 0 saturated heterocycles. The second kappa shape index (κ2) is 5.54. The van der Waals surface area contributed by atoms with E-state index < -0.39 is 17.7 Å². The number of hydrogen-bond acceptors (Lipinski definition) is 1. The Morgan fingerprint density at radius 3 is 2.32 bits per heavy atom. The second-order valence-electron chi connectivity index (χ2n) is 4.56. The Bertz CT molecular complexity index is 626. The van der Waals surface area contributed by atoms with E-state index in [9.17, 15) is 8.78 Å². The Hall–Kier alpha value is -1.01. The minimum atomic E-state index is -0.857. The summed E-state index contributed by atoms with van der Waals surface area (Å²) >= 11 is 2.18. The van der Waals surface area contributed by atoms with Crippen molar-refractivity contribution in [3.8, 4) is 0 Å².